The van der Waals surface area contributed by atoms with E-state index in [1.807, 2.05) is 31.2 Å². The van der Waals surface area contributed by atoms with Crippen LogP contribution >= 0.6 is 15.9 Å². The van der Waals surface area contributed by atoms with Gasteiger partial charge in [0.2, 0.25) is 10.0 Å². The third kappa shape index (κ3) is 4.43. The number of hydrogen-bond acceptors (Lipinski definition) is 3. The van der Waals surface area contributed by atoms with Gasteiger partial charge in [-0.2, -0.15) is 0 Å². The Morgan fingerprint density at radius 1 is 1.12 bits per heavy atom. The molecule has 5 nitrogen and oxygen atoms in total. The lowest BCUT2D eigenvalue weighted by Crippen LogP contribution is -2.27. The Morgan fingerprint density at radius 3 is 2.33 bits per heavy atom. The molecular formula is C17H19BrN2O3S. The summed E-state index contributed by atoms with van der Waals surface area (Å²) in [5.41, 5.74) is 1.38. The molecule has 0 unspecified atom stereocenters. The number of amides is 1. The third-order valence-electron chi connectivity index (χ3n) is 3.48. The van der Waals surface area contributed by atoms with Crippen molar-refractivity contribution in [3.63, 3.8) is 0 Å². The van der Waals surface area contributed by atoms with Crippen LogP contribution in [0.1, 0.15) is 35.8 Å². The molecule has 2 rings (SSSR count). The van der Waals surface area contributed by atoms with Crippen molar-refractivity contribution in [2.24, 2.45) is 0 Å². The summed E-state index contributed by atoms with van der Waals surface area (Å²) >= 11 is 3.46. The van der Waals surface area contributed by atoms with Crippen LogP contribution in [-0.4, -0.2) is 20.9 Å². The SMILES string of the molecule is CCNS(=O)(=O)c1ccc(C(=O)N[C@H](C)c2ccccc2Br)cc1. The highest BCUT2D eigenvalue weighted by atomic mass is 79.9. The second-order valence-electron chi connectivity index (χ2n) is 5.24. The summed E-state index contributed by atoms with van der Waals surface area (Å²) < 4.78 is 27.1. The molecule has 0 aliphatic rings. The van der Waals surface area contributed by atoms with E-state index < -0.39 is 10.0 Å². The molecule has 0 aromatic heterocycles. The van der Waals surface area contributed by atoms with Crippen LogP contribution in [0.5, 0.6) is 0 Å². The zero-order valence-corrected chi connectivity index (χ0v) is 15.8. The Labute approximate surface area is 150 Å². The van der Waals surface area contributed by atoms with Gasteiger partial charge in [0.15, 0.2) is 0 Å². The summed E-state index contributed by atoms with van der Waals surface area (Å²) in [6.07, 6.45) is 0. The highest BCUT2D eigenvalue weighted by Gasteiger charge is 2.16. The maximum absolute atomic E-state index is 12.3. The minimum Gasteiger partial charge on any atom is -0.345 e. The number of carbonyl (C=O) groups is 1. The quantitative estimate of drug-likeness (QED) is 0.767. The minimum atomic E-state index is -3.51. The van der Waals surface area contributed by atoms with Crippen LogP contribution in [0.4, 0.5) is 0 Å². The Bertz CT molecular complexity index is 820. The van der Waals surface area contributed by atoms with Gasteiger partial charge in [-0.3, -0.25) is 4.79 Å². The van der Waals surface area contributed by atoms with E-state index in [9.17, 15) is 13.2 Å². The van der Waals surface area contributed by atoms with Crippen LogP contribution in [0.3, 0.4) is 0 Å². The Kier molecular flexibility index (Phi) is 6.15. The molecule has 0 spiro atoms. The minimum absolute atomic E-state index is 0.139. The molecule has 0 fully saturated rings. The fourth-order valence-electron chi connectivity index (χ4n) is 2.24. The van der Waals surface area contributed by atoms with Crippen LogP contribution in [0.15, 0.2) is 57.9 Å². The lowest BCUT2D eigenvalue weighted by Gasteiger charge is -2.16. The lowest BCUT2D eigenvalue weighted by atomic mass is 10.1. The summed E-state index contributed by atoms with van der Waals surface area (Å²) in [7, 11) is -3.51. The van der Waals surface area contributed by atoms with Gasteiger partial charge in [-0.15, -0.1) is 0 Å². The van der Waals surface area contributed by atoms with E-state index in [4.69, 9.17) is 0 Å². The van der Waals surface area contributed by atoms with Gasteiger partial charge in [0.05, 0.1) is 10.9 Å². The first-order valence-electron chi connectivity index (χ1n) is 7.50. The highest BCUT2D eigenvalue weighted by molar-refractivity contribution is 9.10. The Hall–Kier alpha value is -1.70. The first-order valence-corrected chi connectivity index (χ1v) is 9.77. The maximum atomic E-state index is 12.3. The zero-order valence-electron chi connectivity index (χ0n) is 13.4. The molecule has 128 valence electrons. The fraction of sp³-hybridized carbons (Fsp3) is 0.235. The summed E-state index contributed by atoms with van der Waals surface area (Å²) in [5.74, 6) is -0.259. The van der Waals surface area contributed by atoms with Gasteiger partial charge in [-0.05, 0) is 42.8 Å². The number of hydrogen-bond donors (Lipinski definition) is 2. The second kappa shape index (κ2) is 7.92. The zero-order chi connectivity index (χ0) is 17.7. The first-order chi connectivity index (χ1) is 11.3. The van der Waals surface area contributed by atoms with Gasteiger partial charge < -0.3 is 5.32 Å². The summed E-state index contributed by atoms with van der Waals surface area (Å²) in [4.78, 5) is 12.5. The molecule has 1 amide bonds. The van der Waals surface area contributed by atoms with Crippen molar-refractivity contribution >= 4 is 31.9 Å². The van der Waals surface area contributed by atoms with Crippen LogP contribution < -0.4 is 10.0 Å². The summed E-state index contributed by atoms with van der Waals surface area (Å²) in [6, 6.07) is 13.3. The number of sulfonamides is 1. The van der Waals surface area contributed by atoms with Crippen LogP contribution in [0, 0.1) is 0 Å². The average Bonchev–Trinajstić information content (AvgIpc) is 2.55. The van der Waals surface area contributed by atoms with Crippen molar-refractivity contribution in [2.45, 2.75) is 24.8 Å². The van der Waals surface area contributed by atoms with E-state index in [2.05, 4.69) is 26.0 Å². The molecule has 0 radical (unpaired) electrons. The molecule has 0 aliphatic heterocycles. The molecule has 24 heavy (non-hydrogen) atoms. The van der Waals surface area contributed by atoms with Gasteiger partial charge in [0, 0.05) is 16.6 Å². The first kappa shape index (κ1) is 18.6. The predicted molar refractivity (Wildman–Crippen MR) is 97.3 cm³/mol. The Balaban J connectivity index is 2.12. The van der Waals surface area contributed by atoms with Crippen molar-refractivity contribution < 1.29 is 13.2 Å². The second-order valence-corrected chi connectivity index (χ2v) is 7.86. The fourth-order valence-corrected chi connectivity index (χ4v) is 3.91. The van der Waals surface area contributed by atoms with Crippen molar-refractivity contribution in [1.29, 1.82) is 0 Å². The smallest absolute Gasteiger partial charge is 0.251 e. The largest absolute Gasteiger partial charge is 0.345 e. The lowest BCUT2D eigenvalue weighted by molar-refractivity contribution is 0.0939. The average molecular weight is 411 g/mol. The summed E-state index contributed by atoms with van der Waals surface area (Å²) in [5, 5.41) is 2.90. The van der Waals surface area contributed by atoms with E-state index in [0.29, 0.717) is 12.1 Å². The molecule has 0 saturated carbocycles. The van der Waals surface area contributed by atoms with Crippen LogP contribution in [-0.2, 0) is 10.0 Å². The van der Waals surface area contributed by atoms with Crippen LogP contribution in [0.2, 0.25) is 0 Å². The number of nitrogens with one attached hydrogen (secondary N) is 2. The van der Waals surface area contributed by atoms with Crippen molar-refractivity contribution in [3.8, 4) is 0 Å². The monoisotopic (exact) mass is 410 g/mol. The van der Waals surface area contributed by atoms with Gasteiger partial charge in [-0.25, -0.2) is 13.1 Å². The summed E-state index contributed by atoms with van der Waals surface area (Å²) in [6.45, 7) is 3.92. The normalized spacial score (nSPS) is 12.6. The number of benzene rings is 2. The van der Waals surface area contributed by atoms with Crippen molar-refractivity contribution in [1.82, 2.24) is 10.0 Å². The van der Waals surface area contributed by atoms with Crippen molar-refractivity contribution in [2.75, 3.05) is 6.54 Å². The van der Waals surface area contributed by atoms with E-state index in [1.165, 1.54) is 24.3 Å². The molecule has 2 N–H and O–H groups in total. The molecule has 0 aliphatic carbocycles. The molecule has 0 heterocycles. The van der Waals surface area contributed by atoms with Gasteiger partial charge >= 0.3 is 0 Å². The van der Waals surface area contributed by atoms with Gasteiger partial charge in [0.25, 0.3) is 5.91 Å². The number of carbonyl (C=O) groups excluding carboxylic acids is 1. The number of halogens is 1. The molecule has 7 heteroatoms. The van der Waals surface area contributed by atoms with E-state index in [1.54, 1.807) is 6.92 Å². The topological polar surface area (TPSA) is 75.3 Å². The van der Waals surface area contributed by atoms with E-state index in [0.717, 1.165) is 10.0 Å². The van der Waals surface area contributed by atoms with Gasteiger partial charge in [-0.1, -0.05) is 41.1 Å². The predicted octanol–water partition coefficient (Wildman–Crippen LogP) is 3.24. The molecule has 1 atom stereocenters. The van der Waals surface area contributed by atoms with Gasteiger partial charge in [0.1, 0.15) is 0 Å². The van der Waals surface area contributed by atoms with E-state index >= 15 is 0 Å². The number of rotatable bonds is 6. The molecule has 0 saturated heterocycles. The molecule has 2 aromatic carbocycles. The van der Waals surface area contributed by atoms with Crippen LogP contribution in [0.25, 0.3) is 0 Å². The van der Waals surface area contributed by atoms with E-state index in [-0.39, 0.29) is 16.8 Å². The Morgan fingerprint density at radius 2 is 1.75 bits per heavy atom. The third-order valence-corrected chi connectivity index (χ3v) is 5.76. The van der Waals surface area contributed by atoms with Crippen molar-refractivity contribution in [3.05, 3.63) is 64.1 Å². The standard InChI is InChI=1S/C17H19BrN2O3S/c1-3-19-24(22,23)14-10-8-13(9-11-14)17(21)20-12(2)15-6-4-5-7-16(15)18/h4-12,19H,3H2,1-2H3,(H,20,21)/t12-/m1/s1. The molecule has 0 bridgehead atoms. The maximum Gasteiger partial charge on any atom is 0.251 e. The molecular weight excluding hydrogens is 392 g/mol. The highest BCUT2D eigenvalue weighted by Crippen LogP contribution is 2.23. The molecule has 2 aromatic rings.